The zero-order chi connectivity index (χ0) is 17.8. The van der Waals surface area contributed by atoms with Crippen molar-refractivity contribution < 1.29 is 13.9 Å². The molecule has 2 aromatic heterocycles. The summed E-state index contributed by atoms with van der Waals surface area (Å²) in [6.07, 6.45) is 0. The van der Waals surface area contributed by atoms with E-state index in [2.05, 4.69) is 26.3 Å². The first kappa shape index (κ1) is 17.3. The fourth-order valence-electron chi connectivity index (χ4n) is 2.35. The van der Waals surface area contributed by atoms with Crippen LogP contribution in [0.15, 0.2) is 51.4 Å². The Labute approximate surface area is 153 Å². The number of carbonyl (C=O) groups is 1. The fraction of sp³-hybridized carbons (Fsp3) is 0.222. The van der Waals surface area contributed by atoms with Gasteiger partial charge in [-0.15, -0.1) is 0 Å². The molecule has 130 valence electrons. The lowest BCUT2D eigenvalue weighted by molar-refractivity contribution is 0.0918. The van der Waals surface area contributed by atoms with Crippen LogP contribution in [0.5, 0.6) is 5.75 Å². The molecule has 0 aliphatic rings. The number of furan rings is 1. The predicted octanol–water partition coefficient (Wildman–Crippen LogP) is 3.59. The average molecular weight is 404 g/mol. The molecule has 6 nitrogen and oxygen atoms in total. The summed E-state index contributed by atoms with van der Waals surface area (Å²) in [6.45, 7) is 2.56. The van der Waals surface area contributed by atoms with E-state index >= 15 is 0 Å². The van der Waals surface area contributed by atoms with E-state index in [1.165, 1.54) is 0 Å². The Morgan fingerprint density at radius 2 is 2.04 bits per heavy atom. The van der Waals surface area contributed by atoms with Crippen molar-refractivity contribution in [1.82, 2.24) is 15.1 Å². The van der Waals surface area contributed by atoms with Crippen molar-refractivity contribution in [2.75, 3.05) is 0 Å². The normalized spacial score (nSPS) is 10.7. The zero-order valence-corrected chi connectivity index (χ0v) is 15.5. The predicted molar refractivity (Wildman–Crippen MR) is 96.3 cm³/mol. The minimum atomic E-state index is -0.270. The van der Waals surface area contributed by atoms with Gasteiger partial charge in [0, 0.05) is 11.5 Å². The van der Waals surface area contributed by atoms with Crippen LogP contribution in [0.25, 0.3) is 0 Å². The molecule has 0 saturated carbocycles. The van der Waals surface area contributed by atoms with Crippen LogP contribution in [-0.2, 0) is 20.2 Å². The van der Waals surface area contributed by atoms with Gasteiger partial charge in [-0.25, -0.2) is 0 Å². The number of nitrogens with zero attached hydrogens (tertiary/aromatic N) is 2. The quantitative estimate of drug-likeness (QED) is 0.682. The van der Waals surface area contributed by atoms with Gasteiger partial charge in [0.2, 0.25) is 0 Å². The molecule has 1 aromatic carbocycles. The molecule has 1 N–H and O–H groups in total. The minimum absolute atomic E-state index is 0.258. The number of rotatable bonds is 6. The first-order chi connectivity index (χ1) is 12.0. The smallest absolute Gasteiger partial charge is 0.287 e. The van der Waals surface area contributed by atoms with Gasteiger partial charge in [0.1, 0.15) is 18.1 Å². The summed E-state index contributed by atoms with van der Waals surface area (Å²) < 4.78 is 13.9. The molecule has 0 aliphatic carbocycles. The van der Waals surface area contributed by atoms with Gasteiger partial charge in [-0.05, 0) is 49.4 Å². The van der Waals surface area contributed by atoms with E-state index in [0.29, 0.717) is 12.3 Å². The highest BCUT2D eigenvalue weighted by atomic mass is 79.9. The Bertz CT molecular complexity index is 868. The molecule has 1 amide bonds. The van der Waals surface area contributed by atoms with Gasteiger partial charge < -0.3 is 14.5 Å². The third-order valence-corrected chi connectivity index (χ3v) is 4.14. The highest BCUT2D eigenvalue weighted by Crippen LogP contribution is 2.18. The van der Waals surface area contributed by atoms with Gasteiger partial charge in [0.05, 0.1) is 17.9 Å². The summed E-state index contributed by atoms with van der Waals surface area (Å²) in [6, 6.07) is 12.8. The second kappa shape index (κ2) is 7.57. The van der Waals surface area contributed by atoms with Crippen LogP contribution in [0.2, 0.25) is 0 Å². The van der Waals surface area contributed by atoms with E-state index in [0.717, 1.165) is 21.6 Å². The lowest BCUT2D eigenvalue weighted by Crippen LogP contribution is -2.23. The summed E-state index contributed by atoms with van der Waals surface area (Å²) >= 11 is 3.37. The Morgan fingerprint density at radius 1 is 1.28 bits per heavy atom. The van der Waals surface area contributed by atoms with Crippen molar-refractivity contribution in [2.24, 2.45) is 7.05 Å². The molecule has 3 rings (SSSR count). The molecule has 0 atom stereocenters. The fourth-order valence-corrected chi connectivity index (χ4v) is 2.61. The van der Waals surface area contributed by atoms with Gasteiger partial charge >= 0.3 is 0 Å². The molecule has 0 radical (unpaired) electrons. The number of aromatic nitrogens is 2. The molecular formula is C18H18BrN3O3. The van der Waals surface area contributed by atoms with E-state index in [-0.39, 0.29) is 18.3 Å². The molecule has 3 aromatic rings. The van der Waals surface area contributed by atoms with E-state index in [1.807, 2.05) is 44.3 Å². The molecule has 0 aliphatic heterocycles. The maximum absolute atomic E-state index is 12.2. The molecule has 2 heterocycles. The highest BCUT2D eigenvalue weighted by Gasteiger charge is 2.12. The first-order valence-corrected chi connectivity index (χ1v) is 8.55. The molecule has 0 saturated heterocycles. The summed E-state index contributed by atoms with van der Waals surface area (Å²) in [7, 11) is 1.85. The largest absolute Gasteiger partial charge is 0.486 e. The molecule has 25 heavy (non-hydrogen) atoms. The second-order valence-corrected chi connectivity index (χ2v) is 6.51. The van der Waals surface area contributed by atoms with Crippen molar-refractivity contribution in [1.29, 1.82) is 0 Å². The monoisotopic (exact) mass is 403 g/mol. The molecule has 0 unspecified atom stereocenters. The highest BCUT2D eigenvalue weighted by molar-refractivity contribution is 9.10. The van der Waals surface area contributed by atoms with Crippen LogP contribution in [0.4, 0.5) is 0 Å². The second-order valence-electron chi connectivity index (χ2n) is 5.59. The standard InChI is InChI=1S/C18H18BrN3O3/c1-12-9-14(22(2)21-12)10-20-18(23)17-8-7-16(25-17)11-24-15-5-3-13(19)4-6-15/h3-9H,10-11H2,1-2H3,(H,20,23). The Hall–Kier alpha value is -2.54. The molecule has 7 heteroatoms. The summed E-state index contributed by atoms with van der Waals surface area (Å²) in [5, 5.41) is 7.07. The molecule has 0 bridgehead atoms. The van der Waals surface area contributed by atoms with Crippen molar-refractivity contribution in [3.63, 3.8) is 0 Å². The van der Waals surface area contributed by atoms with Crippen molar-refractivity contribution in [3.05, 3.63) is 69.8 Å². The van der Waals surface area contributed by atoms with Crippen LogP contribution in [-0.4, -0.2) is 15.7 Å². The third kappa shape index (κ3) is 4.51. The number of benzene rings is 1. The van der Waals surface area contributed by atoms with E-state index in [1.54, 1.807) is 16.8 Å². The Kier molecular flexibility index (Phi) is 5.23. The number of carbonyl (C=O) groups excluding carboxylic acids is 1. The third-order valence-electron chi connectivity index (χ3n) is 3.61. The van der Waals surface area contributed by atoms with Gasteiger partial charge in [-0.3, -0.25) is 9.48 Å². The van der Waals surface area contributed by atoms with Crippen LogP contribution >= 0.6 is 15.9 Å². The van der Waals surface area contributed by atoms with E-state index < -0.39 is 0 Å². The number of halogens is 1. The van der Waals surface area contributed by atoms with Gasteiger partial charge in [0.25, 0.3) is 5.91 Å². The maximum Gasteiger partial charge on any atom is 0.287 e. The van der Waals surface area contributed by atoms with Gasteiger partial charge in [0.15, 0.2) is 5.76 Å². The average Bonchev–Trinajstić information content (AvgIpc) is 3.18. The van der Waals surface area contributed by atoms with Crippen LogP contribution in [0.1, 0.15) is 27.7 Å². The molecular weight excluding hydrogens is 386 g/mol. The lowest BCUT2D eigenvalue weighted by atomic mass is 10.3. The number of amides is 1. The number of aryl methyl sites for hydroxylation is 2. The van der Waals surface area contributed by atoms with Crippen LogP contribution in [0.3, 0.4) is 0 Å². The molecule has 0 fully saturated rings. The number of hydrogen-bond donors (Lipinski definition) is 1. The Balaban J connectivity index is 1.54. The maximum atomic E-state index is 12.2. The van der Waals surface area contributed by atoms with Gasteiger partial charge in [-0.1, -0.05) is 15.9 Å². The first-order valence-electron chi connectivity index (χ1n) is 7.76. The number of nitrogens with one attached hydrogen (secondary N) is 1. The number of ether oxygens (including phenoxy) is 1. The Morgan fingerprint density at radius 3 is 2.72 bits per heavy atom. The molecule has 0 spiro atoms. The van der Waals surface area contributed by atoms with Crippen molar-refractivity contribution in [2.45, 2.75) is 20.1 Å². The van der Waals surface area contributed by atoms with Crippen LogP contribution in [0, 0.1) is 6.92 Å². The number of hydrogen-bond acceptors (Lipinski definition) is 4. The van der Waals surface area contributed by atoms with Crippen LogP contribution < -0.4 is 10.1 Å². The summed E-state index contributed by atoms with van der Waals surface area (Å²) in [5.41, 5.74) is 1.84. The van der Waals surface area contributed by atoms with Gasteiger partial charge in [-0.2, -0.15) is 5.10 Å². The van der Waals surface area contributed by atoms with E-state index in [9.17, 15) is 4.79 Å². The summed E-state index contributed by atoms with van der Waals surface area (Å²) in [4.78, 5) is 12.2. The lowest BCUT2D eigenvalue weighted by Gasteiger charge is -2.05. The topological polar surface area (TPSA) is 69.3 Å². The zero-order valence-electron chi connectivity index (χ0n) is 14.0. The van der Waals surface area contributed by atoms with Crippen molar-refractivity contribution >= 4 is 21.8 Å². The van der Waals surface area contributed by atoms with E-state index in [4.69, 9.17) is 9.15 Å². The SMILES string of the molecule is Cc1cc(CNC(=O)c2ccc(COc3ccc(Br)cc3)o2)n(C)n1. The van der Waals surface area contributed by atoms with Crippen molar-refractivity contribution in [3.8, 4) is 5.75 Å². The minimum Gasteiger partial charge on any atom is -0.486 e. The summed E-state index contributed by atoms with van der Waals surface area (Å²) in [5.74, 6) is 1.31.